The smallest absolute Gasteiger partial charge is 0.0214 e. The van der Waals surface area contributed by atoms with Crippen molar-refractivity contribution in [2.24, 2.45) is 5.73 Å². The minimum absolute atomic E-state index is 0.247. The van der Waals surface area contributed by atoms with Crippen LogP contribution in [-0.2, 0) is 5.41 Å². The largest absolute Gasteiger partial charge is 0.330 e. The van der Waals surface area contributed by atoms with Gasteiger partial charge >= 0.3 is 0 Å². The van der Waals surface area contributed by atoms with Crippen molar-refractivity contribution in [2.75, 3.05) is 26.7 Å². The van der Waals surface area contributed by atoms with E-state index in [-0.39, 0.29) is 5.41 Å². The van der Waals surface area contributed by atoms with Crippen molar-refractivity contribution >= 4 is 15.9 Å². The van der Waals surface area contributed by atoms with E-state index in [1.807, 2.05) is 0 Å². The lowest BCUT2D eigenvalue weighted by Crippen LogP contribution is -2.42. The van der Waals surface area contributed by atoms with Crippen molar-refractivity contribution in [3.8, 4) is 0 Å². The van der Waals surface area contributed by atoms with Crippen molar-refractivity contribution in [1.82, 2.24) is 4.90 Å². The van der Waals surface area contributed by atoms with Gasteiger partial charge in [0.05, 0.1) is 0 Å². The van der Waals surface area contributed by atoms with E-state index in [4.69, 9.17) is 5.73 Å². The van der Waals surface area contributed by atoms with Crippen LogP contribution in [0.15, 0.2) is 22.7 Å². The normalized spacial score (nSPS) is 23.5. The maximum absolute atomic E-state index is 6.08. The van der Waals surface area contributed by atoms with Crippen LogP contribution in [-0.4, -0.2) is 31.6 Å². The highest BCUT2D eigenvalue weighted by atomic mass is 79.9. The number of hydrogen-bond acceptors (Lipinski definition) is 2. The Morgan fingerprint density at radius 2 is 2.00 bits per heavy atom. The van der Waals surface area contributed by atoms with Crippen molar-refractivity contribution in [2.45, 2.75) is 37.0 Å². The molecule has 19 heavy (non-hydrogen) atoms. The second-order valence-corrected chi connectivity index (χ2v) is 7.20. The summed E-state index contributed by atoms with van der Waals surface area (Å²) in [4.78, 5) is 2.36. The number of nitrogens with two attached hydrogens (primary N) is 1. The van der Waals surface area contributed by atoms with E-state index < -0.39 is 0 Å². The number of benzene rings is 1. The van der Waals surface area contributed by atoms with E-state index in [9.17, 15) is 0 Å². The Balaban J connectivity index is 1.86. The molecular formula is C16H23BrN2. The topological polar surface area (TPSA) is 29.3 Å². The first-order valence-corrected chi connectivity index (χ1v) is 8.12. The van der Waals surface area contributed by atoms with Crippen LogP contribution in [0, 0.1) is 0 Å². The summed E-state index contributed by atoms with van der Waals surface area (Å²) in [7, 11) is 2.18. The predicted molar refractivity (Wildman–Crippen MR) is 83.6 cm³/mol. The fourth-order valence-electron chi connectivity index (χ4n) is 3.75. The van der Waals surface area contributed by atoms with Gasteiger partial charge < -0.3 is 10.6 Å². The van der Waals surface area contributed by atoms with Crippen molar-refractivity contribution in [3.63, 3.8) is 0 Å². The number of likely N-dealkylation sites (N-methyl/N-ethyl adjacent to an activating group) is 1. The number of likely N-dealkylation sites (tertiary alicyclic amines) is 1. The van der Waals surface area contributed by atoms with E-state index in [2.05, 4.69) is 46.1 Å². The Labute approximate surface area is 124 Å². The summed E-state index contributed by atoms with van der Waals surface area (Å²) < 4.78 is 1.28. The van der Waals surface area contributed by atoms with Crippen LogP contribution in [0.5, 0.6) is 0 Å². The third-order valence-corrected chi connectivity index (χ3v) is 5.75. The van der Waals surface area contributed by atoms with Crippen LogP contribution < -0.4 is 5.73 Å². The van der Waals surface area contributed by atoms with E-state index in [0.29, 0.717) is 5.92 Å². The quantitative estimate of drug-likeness (QED) is 0.925. The average molecular weight is 323 g/mol. The molecule has 2 fully saturated rings. The molecule has 1 saturated carbocycles. The fourth-order valence-corrected chi connectivity index (χ4v) is 4.45. The molecule has 104 valence electrons. The second kappa shape index (κ2) is 5.19. The van der Waals surface area contributed by atoms with Gasteiger partial charge in [0.1, 0.15) is 0 Å². The Bertz CT molecular complexity index is 460. The highest BCUT2D eigenvalue weighted by Gasteiger charge is 2.35. The Hall–Kier alpha value is -0.380. The van der Waals surface area contributed by atoms with Crippen LogP contribution in [0.25, 0.3) is 0 Å². The highest BCUT2D eigenvalue weighted by Crippen LogP contribution is 2.42. The maximum atomic E-state index is 6.08. The van der Waals surface area contributed by atoms with Gasteiger partial charge in [-0.3, -0.25) is 0 Å². The molecule has 0 bridgehead atoms. The Morgan fingerprint density at radius 1 is 1.32 bits per heavy atom. The molecule has 0 unspecified atom stereocenters. The summed E-state index contributed by atoms with van der Waals surface area (Å²) in [5, 5.41) is 0. The first-order chi connectivity index (χ1) is 9.14. The number of nitrogens with zero attached hydrogens (tertiary/aromatic N) is 1. The maximum Gasteiger partial charge on any atom is 0.0214 e. The molecule has 3 rings (SSSR count). The summed E-state index contributed by atoms with van der Waals surface area (Å²) in [6.45, 7) is 3.14. The molecule has 0 radical (unpaired) electrons. The van der Waals surface area contributed by atoms with Crippen molar-refractivity contribution in [3.05, 3.63) is 33.8 Å². The van der Waals surface area contributed by atoms with Gasteiger partial charge in [-0.25, -0.2) is 0 Å². The zero-order valence-corrected chi connectivity index (χ0v) is 13.2. The molecule has 0 amide bonds. The van der Waals surface area contributed by atoms with E-state index >= 15 is 0 Å². The molecule has 2 nitrogen and oxygen atoms in total. The van der Waals surface area contributed by atoms with E-state index in [1.165, 1.54) is 54.4 Å². The molecule has 3 heteroatoms. The minimum atomic E-state index is 0.247. The molecule has 2 aliphatic rings. The minimum Gasteiger partial charge on any atom is -0.330 e. The van der Waals surface area contributed by atoms with Crippen LogP contribution in [0.2, 0.25) is 0 Å². The Kier molecular flexibility index (Phi) is 3.71. The summed E-state index contributed by atoms with van der Waals surface area (Å²) >= 11 is 3.78. The van der Waals surface area contributed by atoms with Gasteiger partial charge in [0.25, 0.3) is 0 Å². The van der Waals surface area contributed by atoms with Crippen molar-refractivity contribution in [1.29, 1.82) is 0 Å². The van der Waals surface area contributed by atoms with Gasteiger partial charge in [-0.15, -0.1) is 0 Å². The summed E-state index contributed by atoms with van der Waals surface area (Å²) in [5.41, 5.74) is 9.24. The van der Waals surface area contributed by atoms with Gasteiger partial charge in [-0.2, -0.15) is 0 Å². The van der Waals surface area contributed by atoms with Gasteiger partial charge in [0.15, 0.2) is 0 Å². The van der Waals surface area contributed by atoms with Gasteiger partial charge in [-0.1, -0.05) is 40.9 Å². The molecule has 1 aromatic rings. The third kappa shape index (κ3) is 2.37. The SMILES string of the molecule is CN1CC(c2ccc(C3(CN)CCCC3)cc2Br)C1. The van der Waals surface area contributed by atoms with Crippen LogP contribution in [0.4, 0.5) is 0 Å². The van der Waals surface area contributed by atoms with Crippen LogP contribution in [0.3, 0.4) is 0 Å². The molecule has 0 spiro atoms. The van der Waals surface area contributed by atoms with Crippen LogP contribution in [0.1, 0.15) is 42.7 Å². The first-order valence-electron chi connectivity index (χ1n) is 7.33. The molecule has 2 N–H and O–H groups in total. The lowest BCUT2D eigenvalue weighted by Gasteiger charge is -2.37. The monoisotopic (exact) mass is 322 g/mol. The molecule has 1 aliphatic carbocycles. The lowest BCUT2D eigenvalue weighted by atomic mass is 9.78. The zero-order valence-electron chi connectivity index (χ0n) is 11.7. The number of halogens is 1. The molecule has 1 heterocycles. The van der Waals surface area contributed by atoms with Crippen LogP contribution >= 0.6 is 15.9 Å². The Morgan fingerprint density at radius 3 is 2.53 bits per heavy atom. The molecule has 0 atom stereocenters. The second-order valence-electron chi connectivity index (χ2n) is 6.35. The molecular weight excluding hydrogens is 300 g/mol. The number of rotatable bonds is 3. The molecule has 1 saturated heterocycles. The predicted octanol–water partition coefficient (Wildman–Crippen LogP) is 3.25. The summed E-state index contributed by atoms with van der Waals surface area (Å²) in [6, 6.07) is 7.00. The van der Waals surface area contributed by atoms with Gasteiger partial charge in [0, 0.05) is 35.4 Å². The highest BCUT2D eigenvalue weighted by molar-refractivity contribution is 9.10. The zero-order chi connectivity index (χ0) is 13.5. The lowest BCUT2D eigenvalue weighted by molar-refractivity contribution is 0.189. The molecule has 1 aromatic carbocycles. The molecule has 1 aliphatic heterocycles. The fraction of sp³-hybridized carbons (Fsp3) is 0.625. The summed E-state index contributed by atoms with van der Waals surface area (Å²) in [6.07, 6.45) is 5.15. The molecule has 0 aromatic heterocycles. The summed E-state index contributed by atoms with van der Waals surface area (Å²) in [5.74, 6) is 0.700. The average Bonchev–Trinajstić information content (AvgIpc) is 2.85. The van der Waals surface area contributed by atoms with Gasteiger partial charge in [-0.05, 0) is 37.1 Å². The number of hydrogen-bond donors (Lipinski definition) is 1. The van der Waals surface area contributed by atoms with Crippen molar-refractivity contribution < 1.29 is 0 Å². The third-order valence-electron chi connectivity index (χ3n) is 5.07. The van der Waals surface area contributed by atoms with E-state index in [1.54, 1.807) is 0 Å². The standard InChI is InChI=1S/C16H23BrN2/c1-19-9-12(10-19)14-5-4-13(8-15(14)17)16(11-18)6-2-3-7-16/h4-5,8,12H,2-3,6-7,9-11,18H2,1H3. The van der Waals surface area contributed by atoms with Gasteiger partial charge in [0.2, 0.25) is 0 Å². The first kappa shape index (κ1) is 13.6. The van der Waals surface area contributed by atoms with E-state index in [0.717, 1.165) is 6.54 Å².